The molecule has 0 unspecified atom stereocenters. The van der Waals surface area contributed by atoms with Crippen LogP contribution in [0, 0.1) is 0 Å². The minimum Gasteiger partial charge on any atom is -0.350 e. The van der Waals surface area contributed by atoms with Crippen LogP contribution in [0.15, 0.2) is 30.7 Å². The molecule has 0 saturated heterocycles. The highest BCUT2D eigenvalue weighted by Crippen LogP contribution is 2.11. The Hall–Kier alpha value is -1.84. The Bertz CT molecular complexity index is 504. The normalized spacial score (nSPS) is 10.6. The third-order valence-corrected chi connectivity index (χ3v) is 3.25. The Morgan fingerprint density at radius 1 is 1.21 bits per heavy atom. The second-order valence-electron chi connectivity index (χ2n) is 4.61. The average Bonchev–Trinajstić information content (AvgIpc) is 2.90. The van der Waals surface area contributed by atoms with Crippen molar-refractivity contribution in [3.63, 3.8) is 0 Å². The first kappa shape index (κ1) is 13.6. The van der Waals surface area contributed by atoms with E-state index in [-0.39, 0.29) is 0 Å². The summed E-state index contributed by atoms with van der Waals surface area (Å²) in [5.74, 6) is 0.932. The van der Waals surface area contributed by atoms with Gasteiger partial charge in [0, 0.05) is 25.1 Å². The van der Waals surface area contributed by atoms with Crippen molar-refractivity contribution in [3.8, 4) is 0 Å². The van der Waals surface area contributed by atoms with Gasteiger partial charge in [-0.2, -0.15) is 0 Å². The van der Waals surface area contributed by atoms with Crippen LogP contribution in [0.5, 0.6) is 0 Å². The molecule has 102 valence electrons. The van der Waals surface area contributed by atoms with Crippen molar-refractivity contribution in [2.24, 2.45) is 0 Å². The number of rotatable bonds is 7. The molecule has 2 heterocycles. The maximum Gasteiger partial charge on any atom is 0.203 e. The van der Waals surface area contributed by atoms with Crippen LogP contribution in [0.2, 0.25) is 0 Å². The summed E-state index contributed by atoms with van der Waals surface area (Å²) >= 11 is 0. The molecule has 0 aliphatic carbocycles. The van der Waals surface area contributed by atoms with Crippen molar-refractivity contribution >= 4 is 5.95 Å². The van der Waals surface area contributed by atoms with Gasteiger partial charge in [0.25, 0.3) is 0 Å². The summed E-state index contributed by atoms with van der Waals surface area (Å²) in [6, 6.07) is 4.12. The monoisotopic (exact) mass is 258 g/mol. The number of aromatic nitrogens is 3. The summed E-state index contributed by atoms with van der Waals surface area (Å²) in [6.07, 6.45) is 9.09. The van der Waals surface area contributed by atoms with E-state index in [9.17, 15) is 0 Å². The molecule has 0 aliphatic heterocycles. The first-order valence-corrected chi connectivity index (χ1v) is 7.03. The van der Waals surface area contributed by atoms with Gasteiger partial charge in [-0.15, -0.1) is 0 Å². The van der Waals surface area contributed by atoms with E-state index in [0.29, 0.717) is 0 Å². The Balaban J connectivity index is 2.00. The van der Waals surface area contributed by atoms with Gasteiger partial charge >= 0.3 is 0 Å². The van der Waals surface area contributed by atoms with Crippen molar-refractivity contribution in [1.82, 2.24) is 14.5 Å². The number of anilines is 1. The zero-order valence-corrected chi connectivity index (χ0v) is 11.8. The zero-order valence-electron chi connectivity index (χ0n) is 11.8. The molecular weight excluding hydrogens is 236 g/mol. The molecule has 0 aromatic carbocycles. The van der Waals surface area contributed by atoms with Crippen molar-refractivity contribution < 1.29 is 0 Å². The predicted octanol–water partition coefficient (Wildman–Crippen LogP) is 3.25. The molecule has 0 radical (unpaired) electrons. The Morgan fingerprint density at radius 2 is 2.11 bits per heavy atom. The number of hydrogen-bond donors (Lipinski definition) is 1. The summed E-state index contributed by atoms with van der Waals surface area (Å²) in [7, 11) is 0. The van der Waals surface area contributed by atoms with Crippen molar-refractivity contribution in [3.05, 3.63) is 42.0 Å². The summed E-state index contributed by atoms with van der Waals surface area (Å²) in [6.45, 7) is 6.10. The van der Waals surface area contributed by atoms with E-state index >= 15 is 0 Å². The lowest BCUT2D eigenvalue weighted by Gasteiger charge is -2.11. The van der Waals surface area contributed by atoms with Gasteiger partial charge in [0.2, 0.25) is 5.95 Å². The molecule has 0 bridgehead atoms. The molecular formula is C15H22N4. The number of pyridine rings is 1. The van der Waals surface area contributed by atoms with Crippen LogP contribution in [0.1, 0.15) is 37.9 Å². The lowest BCUT2D eigenvalue weighted by molar-refractivity contribution is 0.634. The topological polar surface area (TPSA) is 42.7 Å². The van der Waals surface area contributed by atoms with E-state index in [0.717, 1.165) is 31.2 Å². The van der Waals surface area contributed by atoms with Gasteiger partial charge in [-0.05, 0) is 24.5 Å². The van der Waals surface area contributed by atoms with Gasteiger partial charge in [0.15, 0.2) is 0 Å². The molecule has 0 saturated carbocycles. The van der Waals surface area contributed by atoms with Crippen molar-refractivity contribution in [2.45, 2.75) is 46.2 Å². The number of nitrogens with zero attached hydrogens (tertiary/aromatic N) is 3. The summed E-state index contributed by atoms with van der Waals surface area (Å²) in [5, 5.41) is 3.38. The molecule has 4 nitrogen and oxygen atoms in total. The van der Waals surface area contributed by atoms with E-state index in [2.05, 4.69) is 39.8 Å². The van der Waals surface area contributed by atoms with Crippen molar-refractivity contribution in [1.29, 1.82) is 0 Å². The molecule has 2 rings (SSSR count). The van der Waals surface area contributed by atoms with Gasteiger partial charge in [0.05, 0.1) is 12.2 Å². The number of nitrogens with one attached hydrogen (secondary N) is 1. The highest BCUT2D eigenvalue weighted by Gasteiger charge is 2.05. The fourth-order valence-electron chi connectivity index (χ4n) is 2.10. The number of unbranched alkanes of at least 4 members (excludes halogenated alkanes) is 1. The molecule has 0 amide bonds. The Labute approximate surface area is 114 Å². The van der Waals surface area contributed by atoms with Crippen molar-refractivity contribution in [2.75, 3.05) is 5.32 Å². The molecule has 19 heavy (non-hydrogen) atoms. The van der Waals surface area contributed by atoms with Crippen LogP contribution in [0.4, 0.5) is 5.95 Å². The predicted molar refractivity (Wildman–Crippen MR) is 78.1 cm³/mol. The van der Waals surface area contributed by atoms with Crippen LogP contribution in [-0.2, 0) is 19.5 Å². The van der Waals surface area contributed by atoms with Gasteiger partial charge in [-0.1, -0.05) is 26.3 Å². The first-order chi connectivity index (χ1) is 9.35. The van der Waals surface area contributed by atoms with Crippen LogP contribution >= 0.6 is 0 Å². The van der Waals surface area contributed by atoms with E-state index < -0.39 is 0 Å². The van der Waals surface area contributed by atoms with Crippen LogP contribution in [0.25, 0.3) is 0 Å². The Morgan fingerprint density at radius 3 is 2.89 bits per heavy atom. The largest absolute Gasteiger partial charge is 0.350 e. The van der Waals surface area contributed by atoms with E-state index in [4.69, 9.17) is 0 Å². The van der Waals surface area contributed by atoms with Gasteiger partial charge in [-0.25, -0.2) is 4.98 Å². The zero-order chi connectivity index (χ0) is 13.5. The van der Waals surface area contributed by atoms with Gasteiger partial charge < -0.3 is 9.88 Å². The van der Waals surface area contributed by atoms with E-state index in [1.807, 2.05) is 24.7 Å². The molecule has 0 atom stereocenters. The number of hydrogen-bond acceptors (Lipinski definition) is 3. The summed E-state index contributed by atoms with van der Waals surface area (Å²) in [5.41, 5.74) is 2.40. The summed E-state index contributed by atoms with van der Waals surface area (Å²) in [4.78, 5) is 8.80. The molecule has 0 spiro atoms. The lowest BCUT2D eigenvalue weighted by atomic mass is 10.1. The highest BCUT2D eigenvalue weighted by molar-refractivity contribution is 5.29. The van der Waals surface area contributed by atoms with Crippen LogP contribution in [-0.4, -0.2) is 14.5 Å². The molecule has 2 aromatic heterocycles. The minimum atomic E-state index is 0.729. The third kappa shape index (κ3) is 3.56. The fraction of sp³-hybridized carbons (Fsp3) is 0.467. The molecule has 0 aliphatic rings. The van der Waals surface area contributed by atoms with E-state index in [1.54, 1.807) is 0 Å². The minimum absolute atomic E-state index is 0.729. The Kier molecular flexibility index (Phi) is 4.95. The summed E-state index contributed by atoms with van der Waals surface area (Å²) < 4.78 is 2.16. The van der Waals surface area contributed by atoms with Crippen LogP contribution < -0.4 is 5.32 Å². The average molecular weight is 258 g/mol. The quantitative estimate of drug-likeness (QED) is 0.829. The van der Waals surface area contributed by atoms with Gasteiger partial charge in [0.1, 0.15) is 0 Å². The second-order valence-corrected chi connectivity index (χ2v) is 4.61. The first-order valence-electron chi connectivity index (χ1n) is 7.03. The molecule has 2 aromatic rings. The van der Waals surface area contributed by atoms with Gasteiger partial charge in [-0.3, -0.25) is 4.98 Å². The standard InChI is InChI=1S/C15H22N4/c1-3-5-10-19-11-9-17-15(19)18-12-14-13(4-2)7-6-8-16-14/h6-9,11H,3-5,10,12H2,1-2H3,(H,17,18). The SMILES string of the molecule is CCCCn1ccnc1NCc1ncccc1CC. The number of imidazole rings is 1. The maximum atomic E-state index is 4.44. The van der Waals surface area contributed by atoms with E-state index in [1.165, 1.54) is 18.4 Å². The second kappa shape index (κ2) is 6.92. The lowest BCUT2D eigenvalue weighted by Crippen LogP contribution is -2.10. The molecule has 1 N–H and O–H groups in total. The third-order valence-electron chi connectivity index (χ3n) is 3.25. The highest BCUT2D eigenvalue weighted by atomic mass is 15.2. The number of aryl methyl sites for hydroxylation is 2. The smallest absolute Gasteiger partial charge is 0.203 e. The maximum absolute atomic E-state index is 4.44. The molecule has 4 heteroatoms. The fourth-order valence-corrected chi connectivity index (χ4v) is 2.10. The molecule has 0 fully saturated rings. The van der Waals surface area contributed by atoms with Crippen LogP contribution in [0.3, 0.4) is 0 Å².